The lowest BCUT2D eigenvalue weighted by Gasteiger charge is -2.24. The van der Waals surface area contributed by atoms with Crippen molar-refractivity contribution < 1.29 is 13.9 Å². The number of aryl methyl sites for hydroxylation is 1. The third-order valence-corrected chi connectivity index (χ3v) is 4.48. The summed E-state index contributed by atoms with van der Waals surface area (Å²) in [4.78, 5) is 14.6. The Morgan fingerprint density at radius 1 is 1.48 bits per heavy atom. The maximum atomic E-state index is 12.7. The molecule has 0 saturated carbocycles. The number of thiophene rings is 1. The van der Waals surface area contributed by atoms with E-state index in [1.54, 1.807) is 17.6 Å². The summed E-state index contributed by atoms with van der Waals surface area (Å²) in [6, 6.07) is 3.87. The minimum absolute atomic E-state index is 0.0563. The fourth-order valence-electron chi connectivity index (χ4n) is 2.59. The number of ether oxygens (including phenoxy) is 1. The van der Waals surface area contributed by atoms with Gasteiger partial charge in [0.1, 0.15) is 0 Å². The van der Waals surface area contributed by atoms with Crippen molar-refractivity contribution in [1.29, 1.82) is 0 Å². The van der Waals surface area contributed by atoms with Crippen molar-refractivity contribution in [3.63, 3.8) is 0 Å². The molecule has 0 aliphatic carbocycles. The zero-order valence-corrected chi connectivity index (χ0v) is 12.9. The van der Waals surface area contributed by atoms with Gasteiger partial charge in [0.05, 0.1) is 12.4 Å². The third kappa shape index (κ3) is 3.36. The summed E-state index contributed by atoms with van der Waals surface area (Å²) in [5.41, 5.74) is 2.03. The fraction of sp³-hybridized carbons (Fsp3) is 0.438. The Morgan fingerprint density at radius 2 is 2.38 bits per heavy atom. The molecule has 3 heterocycles. The van der Waals surface area contributed by atoms with Gasteiger partial charge in [-0.25, -0.2) is 0 Å². The van der Waals surface area contributed by atoms with Crippen LogP contribution in [0.3, 0.4) is 0 Å². The van der Waals surface area contributed by atoms with E-state index in [0.717, 1.165) is 30.6 Å². The smallest absolute Gasteiger partial charge is 0.290 e. The maximum absolute atomic E-state index is 12.7. The molecule has 0 spiro atoms. The summed E-state index contributed by atoms with van der Waals surface area (Å²) in [6.45, 7) is 3.91. The molecule has 1 amide bonds. The third-order valence-electron chi connectivity index (χ3n) is 3.75. The molecule has 2 aromatic heterocycles. The van der Waals surface area contributed by atoms with Crippen molar-refractivity contribution >= 4 is 17.2 Å². The molecule has 21 heavy (non-hydrogen) atoms. The number of hydrogen-bond acceptors (Lipinski definition) is 4. The van der Waals surface area contributed by atoms with E-state index in [4.69, 9.17) is 9.15 Å². The Balaban J connectivity index is 1.77. The molecule has 4 nitrogen and oxygen atoms in total. The van der Waals surface area contributed by atoms with Gasteiger partial charge in [-0.2, -0.15) is 11.3 Å². The van der Waals surface area contributed by atoms with Crippen LogP contribution >= 0.6 is 11.3 Å². The van der Waals surface area contributed by atoms with Crippen molar-refractivity contribution in [2.75, 3.05) is 13.2 Å². The fourth-order valence-corrected chi connectivity index (χ4v) is 3.25. The molecular formula is C16H19NO3S. The summed E-state index contributed by atoms with van der Waals surface area (Å²) in [5, 5.41) is 4.10. The molecule has 0 unspecified atom stereocenters. The number of carbonyl (C=O) groups is 1. The summed E-state index contributed by atoms with van der Waals surface area (Å²) in [7, 11) is 0. The highest BCUT2D eigenvalue weighted by Crippen LogP contribution is 2.20. The zero-order chi connectivity index (χ0) is 14.7. The molecule has 1 aliphatic heterocycles. The average Bonchev–Trinajstić information content (AvgIpc) is 3.19. The van der Waals surface area contributed by atoms with E-state index >= 15 is 0 Å². The van der Waals surface area contributed by atoms with Crippen LogP contribution in [-0.2, 0) is 11.3 Å². The molecule has 0 aromatic carbocycles. The van der Waals surface area contributed by atoms with Crippen molar-refractivity contribution in [2.24, 2.45) is 0 Å². The van der Waals surface area contributed by atoms with Crippen LogP contribution < -0.4 is 0 Å². The highest BCUT2D eigenvalue weighted by molar-refractivity contribution is 7.07. The SMILES string of the molecule is Cc1ccoc1C(=O)N(Cc1ccsc1)C[C@H]1CCCO1. The number of amides is 1. The zero-order valence-electron chi connectivity index (χ0n) is 12.1. The van der Waals surface area contributed by atoms with Crippen molar-refractivity contribution in [3.8, 4) is 0 Å². The molecule has 0 N–H and O–H groups in total. The molecule has 0 radical (unpaired) electrons. The van der Waals surface area contributed by atoms with Gasteiger partial charge in [-0.1, -0.05) is 0 Å². The summed E-state index contributed by atoms with van der Waals surface area (Å²) >= 11 is 1.64. The Morgan fingerprint density at radius 3 is 3.00 bits per heavy atom. The van der Waals surface area contributed by atoms with Gasteiger partial charge in [0.2, 0.25) is 0 Å². The number of furan rings is 1. The van der Waals surface area contributed by atoms with Crippen LogP contribution in [0.2, 0.25) is 0 Å². The van der Waals surface area contributed by atoms with Gasteiger partial charge in [-0.05, 0) is 48.2 Å². The predicted octanol–water partition coefficient (Wildman–Crippen LogP) is 3.47. The van der Waals surface area contributed by atoms with E-state index in [-0.39, 0.29) is 12.0 Å². The largest absolute Gasteiger partial charge is 0.459 e. The van der Waals surface area contributed by atoms with E-state index in [9.17, 15) is 4.79 Å². The predicted molar refractivity (Wildman–Crippen MR) is 81.5 cm³/mol. The van der Waals surface area contributed by atoms with Crippen molar-refractivity contribution in [2.45, 2.75) is 32.4 Å². The first-order valence-corrected chi connectivity index (χ1v) is 8.14. The molecule has 5 heteroatoms. The second-order valence-electron chi connectivity index (χ2n) is 5.39. The van der Waals surface area contributed by atoms with E-state index < -0.39 is 0 Å². The lowest BCUT2D eigenvalue weighted by molar-refractivity contribution is 0.0483. The molecule has 3 rings (SSSR count). The van der Waals surface area contributed by atoms with Crippen LogP contribution in [0.25, 0.3) is 0 Å². The Kier molecular flexibility index (Phi) is 4.41. The van der Waals surface area contributed by atoms with Crippen LogP contribution in [-0.4, -0.2) is 30.1 Å². The monoisotopic (exact) mass is 305 g/mol. The lowest BCUT2D eigenvalue weighted by Crippen LogP contribution is -2.37. The standard InChI is InChI=1S/C16H19NO3S/c1-12-4-7-20-15(12)16(18)17(9-13-5-8-21-11-13)10-14-3-2-6-19-14/h4-5,7-8,11,14H,2-3,6,9-10H2,1H3/t14-/m1/s1. The average molecular weight is 305 g/mol. The van der Waals surface area contributed by atoms with E-state index in [1.165, 1.54) is 0 Å². The number of nitrogens with zero attached hydrogens (tertiary/aromatic N) is 1. The van der Waals surface area contributed by atoms with Gasteiger partial charge < -0.3 is 14.1 Å². The van der Waals surface area contributed by atoms with Gasteiger partial charge in [0, 0.05) is 25.3 Å². The minimum Gasteiger partial charge on any atom is -0.459 e. The van der Waals surface area contributed by atoms with Gasteiger partial charge in [0.25, 0.3) is 5.91 Å². The lowest BCUT2D eigenvalue weighted by atomic mass is 10.2. The number of rotatable bonds is 5. The normalized spacial score (nSPS) is 18.0. The second-order valence-corrected chi connectivity index (χ2v) is 6.17. The first kappa shape index (κ1) is 14.4. The Labute approximate surface area is 128 Å². The topological polar surface area (TPSA) is 42.7 Å². The van der Waals surface area contributed by atoms with Gasteiger partial charge in [-0.3, -0.25) is 4.79 Å². The molecule has 112 valence electrons. The van der Waals surface area contributed by atoms with Crippen molar-refractivity contribution in [1.82, 2.24) is 4.90 Å². The van der Waals surface area contributed by atoms with E-state index in [2.05, 4.69) is 11.4 Å². The summed E-state index contributed by atoms with van der Waals surface area (Å²) < 4.78 is 11.0. The number of hydrogen-bond donors (Lipinski definition) is 0. The Hall–Kier alpha value is -1.59. The van der Waals surface area contributed by atoms with Crippen LogP contribution in [0.4, 0.5) is 0 Å². The van der Waals surface area contributed by atoms with E-state index in [0.29, 0.717) is 18.8 Å². The minimum atomic E-state index is -0.0563. The molecule has 2 aromatic rings. The quantitative estimate of drug-likeness (QED) is 0.849. The molecular weight excluding hydrogens is 286 g/mol. The molecule has 1 atom stereocenters. The van der Waals surface area contributed by atoms with Gasteiger partial charge in [0.15, 0.2) is 5.76 Å². The highest BCUT2D eigenvalue weighted by atomic mass is 32.1. The number of carbonyl (C=O) groups excluding carboxylic acids is 1. The summed E-state index contributed by atoms with van der Waals surface area (Å²) in [6.07, 6.45) is 3.80. The maximum Gasteiger partial charge on any atom is 0.290 e. The molecule has 0 bridgehead atoms. The van der Waals surface area contributed by atoms with Crippen molar-refractivity contribution in [3.05, 3.63) is 46.0 Å². The molecule has 1 aliphatic rings. The first-order valence-electron chi connectivity index (χ1n) is 7.20. The van der Waals surface area contributed by atoms with Crippen LogP contribution in [0.5, 0.6) is 0 Å². The Bertz CT molecular complexity index is 584. The van der Waals surface area contributed by atoms with E-state index in [1.807, 2.05) is 23.3 Å². The summed E-state index contributed by atoms with van der Waals surface area (Å²) in [5.74, 6) is 0.377. The second kappa shape index (κ2) is 6.45. The first-order chi connectivity index (χ1) is 10.2. The molecule has 1 saturated heterocycles. The van der Waals surface area contributed by atoms with Crippen LogP contribution in [0.15, 0.2) is 33.6 Å². The van der Waals surface area contributed by atoms with Crippen LogP contribution in [0, 0.1) is 6.92 Å². The van der Waals surface area contributed by atoms with Gasteiger partial charge >= 0.3 is 0 Å². The molecule has 1 fully saturated rings. The van der Waals surface area contributed by atoms with Gasteiger partial charge in [-0.15, -0.1) is 0 Å². The van der Waals surface area contributed by atoms with Crippen LogP contribution in [0.1, 0.15) is 34.5 Å². The highest BCUT2D eigenvalue weighted by Gasteiger charge is 2.26.